The summed E-state index contributed by atoms with van der Waals surface area (Å²) in [4.78, 5) is 11.0. The molecule has 2 aromatic carbocycles. The van der Waals surface area contributed by atoms with Gasteiger partial charge in [-0.15, -0.1) is 0 Å². The molecule has 2 rings (SSSR count). The fraction of sp³-hybridized carbons (Fsp3) is 0.0667. The minimum absolute atomic E-state index is 0.405. The third-order valence-corrected chi connectivity index (χ3v) is 2.84. The smallest absolute Gasteiger partial charge is 0.338 e. The van der Waals surface area contributed by atoms with Crippen LogP contribution in [0.4, 0.5) is 4.39 Å². The van der Waals surface area contributed by atoms with Crippen LogP contribution in [0.2, 0.25) is 0 Å². The van der Waals surface area contributed by atoms with Crippen LogP contribution in [0.15, 0.2) is 36.4 Å². The molecule has 0 radical (unpaired) electrons. The molecule has 0 unspecified atom stereocenters. The Morgan fingerprint density at radius 3 is 2.65 bits per heavy atom. The highest BCUT2D eigenvalue weighted by atomic mass is 19.1. The van der Waals surface area contributed by atoms with Crippen LogP contribution in [0, 0.1) is 17.1 Å². The minimum atomic E-state index is -1.35. The molecule has 0 aliphatic heterocycles. The maximum Gasteiger partial charge on any atom is 0.338 e. The lowest BCUT2D eigenvalue weighted by molar-refractivity contribution is 0.0692. The molecular weight excluding hydrogens is 261 g/mol. The van der Waals surface area contributed by atoms with Crippen molar-refractivity contribution in [1.82, 2.24) is 0 Å². The Morgan fingerprint density at radius 2 is 2.05 bits per heavy atom. The lowest BCUT2D eigenvalue weighted by Gasteiger charge is -2.10. The maximum absolute atomic E-state index is 13.4. The van der Waals surface area contributed by atoms with Crippen molar-refractivity contribution in [2.75, 3.05) is 7.11 Å². The topological polar surface area (TPSA) is 70.3 Å². The highest BCUT2D eigenvalue weighted by Gasteiger charge is 2.14. The first-order chi connectivity index (χ1) is 9.56. The first kappa shape index (κ1) is 13.6. The molecule has 100 valence electrons. The summed E-state index contributed by atoms with van der Waals surface area (Å²) in [7, 11) is 1.46. The van der Waals surface area contributed by atoms with E-state index in [-0.39, 0.29) is 0 Å². The summed E-state index contributed by atoms with van der Waals surface area (Å²) in [5.74, 6) is -1.68. The number of aromatic carboxylic acids is 1. The van der Waals surface area contributed by atoms with E-state index >= 15 is 0 Å². The van der Waals surface area contributed by atoms with Crippen molar-refractivity contribution in [3.63, 3.8) is 0 Å². The number of methoxy groups -OCH3 is 1. The van der Waals surface area contributed by atoms with Gasteiger partial charge in [0.05, 0.1) is 24.3 Å². The van der Waals surface area contributed by atoms with Gasteiger partial charge in [0.15, 0.2) is 0 Å². The van der Waals surface area contributed by atoms with Crippen LogP contribution in [0.1, 0.15) is 15.9 Å². The molecule has 0 amide bonds. The van der Waals surface area contributed by atoms with Crippen LogP contribution >= 0.6 is 0 Å². The third-order valence-electron chi connectivity index (χ3n) is 2.84. The molecule has 0 saturated heterocycles. The van der Waals surface area contributed by atoms with Crippen molar-refractivity contribution in [3.05, 3.63) is 53.3 Å². The Labute approximate surface area is 114 Å². The number of halogens is 1. The number of carbonyl (C=O) groups is 1. The van der Waals surface area contributed by atoms with Gasteiger partial charge >= 0.3 is 5.97 Å². The largest absolute Gasteiger partial charge is 0.496 e. The predicted molar refractivity (Wildman–Crippen MR) is 70.1 cm³/mol. The van der Waals surface area contributed by atoms with E-state index in [0.29, 0.717) is 22.4 Å². The van der Waals surface area contributed by atoms with E-state index in [1.165, 1.54) is 19.2 Å². The fourth-order valence-electron chi connectivity index (χ4n) is 1.86. The number of rotatable bonds is 3. The summed E-state index contributed by atoms with van der Waals surface area (Å²) in [5, 5.41) is 17.9. The van der Waals surface area contributed by atoms with Gasteiger partial charge in [-0.25, -0.2) is 9.18 Å². The van der Waals surface area contributed by atoms with E-state index in [9.17, 15) is 9.18 Å². The molecule has 0 bridgehead atoms. The van der Waals surface area contributed by atoms with E-state index in [1.807, 2.05) is 6.07 Å². The summed E-state index contributed by atoms with van der Waals surface area (Å²) in [5.41, 5.74) is 0.987. The van der Waals surface area contributed by atoms with Gasteiger partial charge in [0.2, 0.25) is 0 Å². The standard InChI is InChI=1S/C15H10FNO3/c1-20-14-5-2-9(8-17)6-11(14)10-3-4-13(16)12(7-10)15(18)19/h2-7H,1H3,(H,18,19). The molecule has 0 aliphatic rings. The second-order valence-corrected chi connectivity index (χ2v) is 4.03. The Kier molecular flexibility index (Phi) is 3.67. The number of nitrogens with zero attached hydrogens (tertiary/aromatic N) is 1. The summed E-state index contributed by atoms with van der Waals surface area (Å²) >= 11 is 0. The van der Waals surface area contributed by atoms with Gasteiger partial charge in [-0.3, -0.25) is 0 Å². The van der Waals surface area contributed by atoms with Gasteiger partial charge < -0.3 is 9.84 Å². The number of carboxylic acids is 1. The van der Waals surface area contributed by atoms with E-state index in [0.717, 1.165) is 6.07 Å². The van der Waals surface area contributed by atoms with Crippen molar-refractivity contribution < 1.29 is 19.0 Å². The molecule has 0 aliphatic carbocycles. The summed E-state index contributed by atoms with van der Waals surface area (Å²) in [6, 6.07) is 10.5. The van der Waals surface area contributed by atoms with Gasteiger partial charge in [-0.05, 0) is 35.9 Å². The Morgan fingerprint density at radius 1 is 1.30 bits per heavy atom. The quantitative estimate of drug-likeness (QED) is 0.931. The van der Waals surface area contributed by atoms with Gasteiger partial charge in [-0.2, -0.15) is 5.26 Å². The molecule has 0 spiro atoms. The van der Waals surface area contributed by atoms with E-state index < -0.39 is 17.3 Å². The number of nitriles is 1. The minimum Gasteiger partial charge on any atom is -0.496 e. The Hall–Kier alpha value is -2.87. The second kappa shape index (κ2) is 5.41. The fourth-order valence-corrected chi connectivity index (χ4v) is 1.86. The summed E-state index contributed by atoms with van der Waals surface area (Å²) < 4.78 is 18.6. The summed E-state index contributed by atoms with van der Waals surface area (Å²) in [6.07, 6.45) is 0. The van der Waals surface area contributed by atoms with E-state index in [2.05, 4.69) is 0 Å². The number of ether oxygens (including phenoxy) is 1. The molecule has 0 aromatic heterocycles. The monoisotopic (exact) mass is 271 g/mol. The first-order valence-electron chi connectivity index (χ1n) is 5.68. The van der Waals surface area contributed by atoms with Crippen LogP contribution in [0.25, 0.3) is 11.1 Å². The highest BCUT2D eigenvalue weighted by Crippen LogP contribution is 2.31. The number of carboxylic acid groups (broad SMARTS) is 1. The molecule has 5 heteroatoms. The van der Waals surface area contributed by atoms with Crippen molar-refractivity contribution in [3.8, 4) is 22.9 Å². The predicted octanol–water partition coefficient (Wildman–Crippen LogP) is 3.07. The van der Waals surface area contributed by atoms with Crippen LogP contribution < -0.4 is 4.74 Å². The Balaban J connectivity index is 2.65. The summed E-state index contributed by atoms with van der Waals surface area (Å²) in [6.45, 7) is 0. The first-order valence-corrected chi connectivity index (χ1v) is 5.68. The second-order valence-electron chi connectivity index (χ2n) is 4.03. The molecule has 0 heterocycles. The van der Waals surface area contributed by atoms with Crippen molar-refractivity contribution >= 4 is 5.97 Å². The van der Waals surface area contributed by atoms with E-state index in [4.69, 9.17) is 15.1 Å². The number of hydrogen-bond acceptors (Lipinski definition) is 3. The molecule has 0 atom stereocenters. The van der Waals surface area contributed by atoms with Gasteiger partial charge in [0.25, 0.3) is 0 Å². The molecule has 4 nitrogen and oxygen atoms in total. The zero-order chi connectivity index (χ0) is 14.7. The molecule has 20 heavy (non-hydrogen) atoms. The zero-order valence-electron chi connectivity index (χ0n) is 10.6. The zero-order valence-corrected chi connectivity index (χ0v) is 10.6. The normalized spacial score (nSPS) is 9.85. The average molecular weight is 271 g/mol. The molecular formula is C15H10FNO3. The lowest BCUT2D eigenvalue weighted by Crippen LogP contribution is -2.01. The van der Waals surface area contributed by atoms with Crippen molar-refractivity contribution in [2.45, 2.75) is 0 Å². The average Bonchev–Trinajstić information content (AvgIpc) is 2.46. The van der Waals surface area contributed by atoms with Gasteiger partial charge in [0, 0.05) is 5.56 Å². The molecule has 0 fully saturated rings. The maximum atomic E-state index is 13.4. The van der Waals surface area contributed by atoms with Crippen LogP contribution in [-0.2, 0) is 0 Å². The molecule has 0 saturated carbocycles. The molecule has 2 aromatic rings. The lowest BCUT2D eigenvalue weighted by atomic mass is 10.00. The molecule has 1 N–H and O–H groups in total. The number of benzene rings is 2. The van der Waals surface area contributed by atoms with Gasteiger partial charge in [0.1, 0.15) is 11.6 Å². The van der Waals surface area contributed by atoms with Crippen LogP contribution in [0.3, 0.4) is 0 Å². The van der Waals surface area contributed by atoms with Crippen LogP contribution in [0.5, 0.6) is 5.75 Å². The third kappa shape index (κ3) is 2.45. The van der Waals surface area contributed by atoms with Crippen LogP contribution in [-0.4, -0.2) is 18.2 Å². The Bertz CT molecular complexity index is 720. The van der Waals surface area contributed by atoms with Crippen molar-refractivity contribution in [1.29, 1.82) is 5.26 Å². The number of hydrogen-bond donors (Lipinski definition) is 1. The SMILES string of the molecule is COc1ccc(C#N)cc1-c1ccc(F)c(C(=O)O)c1. The van der Waals surface area contributed by atoms with E-state index in [1.54, 1.807) is 18.2 Å². The van der Waals surface area contributed by atoms with Gasteiger partial charge in [-0.1, -0.05) is 6.07 Å². The highest BCUT2D eigenvalue weighted by molar-refractivity contribution is 5.90. The van der Waals surface area contributed by atoms with Crippen molar-refractivity contribution in [2.24, 2.45) is 0 Å².